The molecular formula is C3HBrF4. The third-order valence-corrected chi connectivity index (χ3v) is 0.745. The van der Waals surface area contributed by atoms with Crippen LogP contribution >= 0.6 is 15.9 Å². The van der Waals surface area contributed by atoms with Crippen LogP contribution in [0.2, 0.25) is 0 Å². The fraction of sp³-hybridized carbons (Fsp3) is 0.333. The van der Waals surface area contributed by atoms with Gasteiger partial charge >= 0.3 is 4.83 Å². The molecule has 5 heteroatoms. The second-order valence-electron chi connectivity index (χ2n) is 0.955. The lowest BCUT2D eigenvalue weighted by Gasteiger charge is -2.00. The lowest BCUT2D eigenvalue weighted by Crippen LogP contribution is -2.03. The molecule has 0 atom stereocenters. The first kappa shape index (κ1) is 7.94. The SMILES string of the molecule is F/C=C(\F)C(F)(F)Br. The Bertz CT molecular complexity index is 102. The van der Waals surface area contributed by atoms with Crippen molar-refractivity contribution in [2.24, 2.45) is 0 Å². The molecule has 0 radical (unpaired) electrons. The van der Waals surface area contributed by atoms with Crippen molar-refractivity contribution < 1.29 is 17.6 Å². The topological polar surface area (TPSA) is 0 Å². The highest BCUT2D eigenvalue weighted by Gasteiger charge is 2.30. The molecule has 0 saturated heterocycles. The molecule has 0 rings (SSSR count). The van der Waals surface area contributed by atoms with Crippen LogP contribution in [0.25, 0.3) is 0 Å². The quantitative estimate of drug-likeness (QED) is 0.443. The number of allylic oxidation sites excluding steroid dienone is 1. The molecule has 0 heterocycles. The van der Waals surface area contributed by atoms with Crippen molar-refractivity contribution in [3.05, 3.63) is 12.2 Å². The van der Waals surface area contributed by atoms with Gasteiger partial charge in [0.25, 0.3) is 0 Å². The number of hydrogen-bond donors (Lipinski definition) is 0. The predicted octanol–water partition coefficient (Wildman–Crippen LogP) is 2.75. The number of hydrogen-bond acceptors (Lipinski definition) is 0. The first-order chi connectivity index (χ1) is 3.48. The number of alkyl halides is 3. The van der Waals surface area contributed by atoms with Crippen LogP contribution in [0.5, 0.6) is 0 Å². The summed E-state index contributed by atoms with van der Waals surface area (Å²) in [5.74, 6) is -2.13. The van der Waals surface area contributed by atoms with Gasteiger partial charge in [-0.1, -0.05) is 0 Å². The monoisotopic (exact) mass is 192 g/mol. The zero-order chi connectivity index (χ0) is 6.78. The van der Waals surface area contributed by atoms with Gasteiger partial charge in [-0.2, -0.15) is 8.78 Å². The van der Waals surface area contributed by atoms with E-state index < -0.39 is 17.0 Å². The summed E-state index contributed by atoms with van der Waals surface area (Å²) in [5, 5.41) is 0. The minimum atomic E-state index is -3.86. The van der Waals surface area contributed by atoms with E-state index in [9.17, 15) is 17.6 Å². The van der Waals surface area contributed by atoms with Crippen LogP contribution < -0.4 is 0 Å². The van der Waals surface area contributed by atoms with E-state index in [2.05, 4.69) is 0 Å². The fourth-order valence-corrected chi connectivity index (χ4v) is 0.148. The molecule has 0 fully saturated rings. The fourth-order valence-electron chi connectivity index (χ4n) is 0.0619. The third-order valence-electron chi connectivity index (χ3n) is 0.367. The van der Waals surface area contributed by atoms with E-state index >= 15 is 0 Å². The Labute approximate surface area is 51.3 Å². The van der Waals surface area contributed by atoms with Gasteiger partial charge in [-0.05, 0) is 15.9 Å². The summed E-state index contributed by atoms with van der Waals surface area (Å²) >= 11 is 1.59. The molecule has 8 heavy (non-hydrogen) atoms. The van der Waals surface area contributed by atoms with Crippen LogP contribution in [-0.2, 0) is 0 Å². The van der Waals surface area contributed by atoms with E-state index in [1.807, 2.05) is 0 Å². The van der Waals surface area contributed by atoms with Gasteiger partial charge in [0.2, 0.25) is 5.83 Å². The second-order valence-corrected chi connectivity index (χ2v) is 1.95. The van der Waals surface area contributed by atoms with Crippen molar-refractivity contribution in [2.75, 3.05) is 0 Å². The van der Waals surface area contributed by atoms with Crippen molar-refractivity contribution in [1.82, 2.24) is 0 Å². The summed E-state index contributed by atoms with van der Waals surface area (Å²) in [4.78, 5) is -3.86. The Morgan fingerprint density at radius 2 is 1.88 bits per heavy atom. The van der Waals surface area contributed by atoms with Crippen LogP contribution in [-0.4, -0.2) is 4.83 Å². The average Bonchev–Trinajstić information content (AvgIpc) is 1.62. The summed E-state index contributed by atoms with van der Waals surface area (Å²) in [6.07, 6.45) is -0.797. The molecule has 0 saturated carbocycles. The second kappa shape index (κ2) is 2.48. The van der Waals surface area contributed by atoms with E-state index in [1.165, 1.54) is 0 Å². The van der Waals surface area contributed by atoms with Crippen LogP contribution in [0, 0.1) is 0 Å². The summed E-state index contributed by atoms with van der Waals surface area (Å²) in [7, 11) is 0. The van der Waals surface area contributed by atoms with Crippen molar-refractivity contribution in [3.8, 4) is 0 Å². The lowest BCUT2D eigenvalue weighted by atomic mass is 10.6. The Hall–Kier alpha value is -0.0600. The van der Waals surface area contributed by atoms with E-state index in [4.69, 9.17) is 0 Å². The highest BCUT2D eigenvalue weighted by molar-refractivity contribution is 9.10. The van der Waals surface area contributed by atoms with E-state index in [1.54, 1.807) is 15.9 Å². The molecule has 0 unspecified atom stereocenters. The molecule has 0 N–H and O–H groups in total. The van der Waals surface area contributed by atoms with Gasteiger partial charge in [-0.25, -0.2) is 8.78 Å². The molecule has 0 spiro atoms. The van der Waals surface area contributed by atoms with Gasteiger partial charge in [0.05, 0.1) is 0 Å². The summed E-state index contributed by atoms with van der Waals surface area (Å²) in [5.41, 5.74) is 0. The van der Waals surface area contributed by atoms with Crippen LogP contribution in [0.15, 0.2) is 12.2 Å². The molecule has 0 nitrogen and oxygen atoms in total. The molecule has 0 amide bonds. The summed E-state index contributed by atoms with van der Waals surface area (Å²) in [6, 6.07) is 0. The molecule has 0 aromatic heterocycles. The number of rotatable bonds is 1. The van der Waals surface area contributed by atoms with Crippen LogP contribution in [0.4, 0.5) is 17.6 Å². The highest BCUT2D eigenvalue weighted by atomic mass is 79.9. The standard InChI is InChI=1S/C3HBrF4/c4-3(7,8)2(6)1-5/h1H/b2-1-. The molecule has 0 aliphatic rings. The molecule has 48 valence electrons. The molecule has 0 aromatic carbocycles. The molecule has 0 aliphatic heterocycles. The van der Waals surface area contributed by atoms with Gasteiger partial charge in [0.1, 0.15) is 6.33 Å². The van der Waals surface area contributed by atoms with Gasteiger partial charge in [0, 0.05) is 0 Å². The van der Waals surface area contributed by atoms with Crippen molar-refractivity contribution in [1.29, 1.82) is 0 Å². The van der Waals surface area contributed by atoms with Crippen LogP contribution in [0.1, 0.15) is 0 Å². The van der Waals surface area contributed by atoms with Gasteiger partial charge in [-0.3, -0.25) is 0 Å². The van der Waals surface area contributed by atoms with Crippen molar-refractivity contribution in [3.63, 3.8) is 0 Å². The van der Waals surface area contributed by atoms with Crippen molar-refractivity contribution in [2.45, 2.75) is 4.83 Å². The maximum Gasteiger partial charge on any atom is 0.354 e. The van der Waals surface area contributed by atoms with Gasteiger partial charge in [0.15, 0.2) is 0 Å². The van der Waals surface area contributed by atoms with Gasteiger partial charge < -0.3 is 0 Å². The Morgan fingerprint density at radius 1 is 1.50 bits per heavy atom. The lowest BCUT2D eigenvalue weighted by molar-refractivity contribution is 0.125. The molecule has 0 aromatic rings. The zero-order valence-corrected chi connectivity index (χ0v) is 5.05. The third kappa shape index (κ3) is 2.30. The normalized spacial score (nSPS) is 14.4. The van der Waals surface area contributed by atoms with E-state index in [0.717, 1.165) is 0 Å². The average molecular weight is 193 g/mol. The Morgan fingerprint density at radius 3 is 1.88 bits per heavy atom. The molecule has 0 bridgehead atoms. The summed E-state index contributed by atoms with van der Waals surface area (Å²) in [6.45, 7) is 0. The van der Waals surface area contributed by atoms with Crippen molar-refractivity contribution >= 4 is 15.9 Å². The molecule has 0 aliphatic carbocycles. The maximum atomic E-state index is 11.3. The first-order valence-electron chi connectivity index (χ1n) is 1.51. The minimum Gasteiger partial charge on any atom is -0.212 e. The first-order valence-corrected chi connectivity index (χ1v) is 2.31. The Kier molecular flexibility index (Phi) is 2.46. The predicted molar refractivity (Wildman–Crippen MR) is 24.2 cm³/mol. The van der Waals surface area contributed by atoms with E-state index in [0.29, 0.717) is 0 Å². The van der Waals surface area contributed by atoms with E-state index in [-0.39, 0.29) is 0 Å². The minimum absolute atomic E-state index is 0.797. The number of halogens is 5. The Balaban J connectivity index is 4.03. The van der Waals surface area contributed by atoms with Crippen LogP contribution in [0.3, 0.4) is 0 Å². The molecular weight excluding hydrogens is 192 g/mol. The van der Waals surface area contributed by atoms with Gasteiger partial charge in [-0.15, -0.1) is 0 Å². The zero-order valence-electron chi connectivity index (χ0n) is 3.47. The highest BCUT2D eigenvalue weighted by Crippen LogP contribution is 2.31. The maximum absolute atomic E-state index is 11.3. The summed E-state index contributed by atoms with van der Waals surface area (Å²) < 4.78 is 44.9. The largest absolute Gasteiger partial charge is 0.354 e. The smallest absolute Gasteiger partial charge is 0.212 e.